The first-order valence-corrected chi connectivity index (χ1v) is 7.17. The van der Waals surface area contributed by atoms with Gasteiger partial charge in [-0.15, -0.1) is 12.4 Å². The second-order valence-corrected chi connectivity index (χ2v) is 5.49. The van der Waals surface area contributed by atoms with Crippen molar-refractivity contribution in [2.24, 2.45) is 5.73 Å². The van der Waals surface area contributed by atoms with Crippen LogP contribution in [0.3, 0.4) is 0 Å². The Kier molecular flexibility index (Phi) is 9.81. The van der Waals surface area contributed by atoms with Crippen LogP contribution in [0.25, 0.3) is 0 Å². The Labute approximate surface area is 140 Å². The van der Waals surface area contributed by atoms with E-state index in [1.54, 1.807) is 14.0 Å². The number of methoxy groups -OCH3 is 1. The number of nitrogens with one attached hydrogen (secondary N) is 1. The average Bonchev–Trinajstić information content (AvgIpc) is 2.43. The van der Waals surface area contributed by atoms with Gasteiger partial charge >= 0.3 is 0 Å². The first kappa shape index (κ1) is 20.3. The van der Waals surface area contributed by atoms with Crippen molar-refractivity contribution in [3.8, 4) is 0 Å². The second kappa shape index (κ2) is 10.1. The van der Waals surface area contributed by atoms with E-state index in [4.69, 9.17) is 15.2 Å². The third-order valence-electron chi connectivity index (χ3n) is 2.88. The number of amides is 1. The summed E-state index contributed by atoms with van der Waals surface area (Å²) in [7, 11) is 1.61. The Hall–Kier alpha value is -0.660. The smallest absolute Gasteiger partial charge is 0.244 e. The van der Waals surface area contributed by atoms with E-state index in [9.17, 15) is 4.79 Å². The zero-order valence-corrected chi connectivity index (χ0v) is 14.6. The number of halogens is 2. The molecule has 5 nitrogen and oxygen atoms in total. The molecular weight excluding hydrogens is 360 g/mol. The van der Waals surface area contributed by atoms with E-state index in [-0.39, 0.29) is 18.3 Å². The minimum atomic E-state index is -1.06. The van der Waals surface area contributed by atoms with Crippen molar-refractivity contribution >= 4 is 34.2 Å². The molecular formula is C14H22BrClN2O3. The van der Waals surface area contributed by atoms with Crippen LogP contribution < -0.4 is 11.1 Å². The number of hydrogen-bond donors (Lipinski definition) is 2. The maximum absolute atomic E-state index is 12.1. The predicted molar refractivity (Wildman–Crippen MR) is 88.6 cm³/mol. The fraction of sp³-hybridized carbons (Fsp3) is 0.500. The van der Waals surface area contributed by atoms with Crippen LogP contribution in [0.15, 0.2) is 28.7 Å². The van der Waals surface area contributed by atoms with Crippen LogP contribution in [0.4, 0.5) is 0 Å². The summed E-state index contributed by atoms with van der Waals surface area (Å²) < 4.78 is 11.1. The molecule has 0 heterocycles. The number of rotatable bonds is 8. The maximum atomic E-state index is 12.1. The SMILES string of the molecule is COCCOCCNC(=O)C(C)(N)c1ccc(Br)cc1.Cl. The monoisotopic (exact) mass is 380 g/mol. The molecule has 0 radical (unpaired) electrons. The van der Waals surface area contributed by atoms with Crippen LogP contribution in [0.5, 0.6) is 0 Å². The molecule has 120 valence electrons. The molecule has 1 amide bonds. The Morgan fingerprint density at radius 2 is 1.90 bits per heavy atom. The lowest BCUT2D eigenvalue weighted by atomic mass is 9.92. The third-order valence-corrected chi connectivity index (χ3v) is 3.41. The number of nitrogens with two attached hydrogens (primary N) is 1. The molecule has 3 N–H and O–H groups in total. The van der Waals surface area contributed by atoms with Crippen molar-refractivity contribution in [1.29, 1.82) is 0 Å². The summed E-state index contributed by atoms with van der Waals surface area (Å²) in [4.78, 5) is 12.1. The number of ether oxygens (including phenoxy) is 2. The highest BCUT2D eigenvalue weighted by Gasteiger charge is 2.29. The maximum Gasteiger partial charge on any atom is 0.244 e. The molecule has 1 atom stereocenters. The molecule has 1 unspecified atom stereocenters. The summed E-state index contributed by atoms with van der Waals surface area (Å²) >= 11 is 3.35. The van der Waals surface area contributed by atoms with Gasteiger partial charge < -0.3 is 20.5 Å². The van der Waals surface area contributed by atoms with Gasteiger partial charge in [-0.25, -0.2) is 0 Å². The van der Waals surface area contributed by atoms with Crippen LogP contribution >= 0.6 is 28.3 Å². The van der Waals surface area contributed by atoms with Gasteiger partial charge in [0.05, 0.1) is 19.8 Å². The number of hydrogen-bond acceptors (Lipinski definition) is 4. The van der Waals surface area contributed by atoms with Crippen molar-refractivity contribution in [3.05, 3.63) is 34.3 Å². The highest BCUT2D eigenvalue weighted by atomic mass is 79.9. The lowest BCUT2D eigenvalue weighted by molar-refractivity contribution is -0.126. The fourth-order valence-corrected chi connectivity index (χ4v) is 1.86. The largest absolute Gasteiger partial charge is 0.382 e. The van der Waals surface area contributed by atoms with Gasteiger partial charge in [0.2, 0.25) is 5.91 Å². The standard InChI is InChI=1S/C14H21BrN2O3.ClH/c1-14(16,11-3-5-12(15)6-4-11)13(18)17-7-8-20-10-9-19-2;/h3-6H,7-10,16H2,1-2H3,(H,17,18);1H. The van der Waals surface area contributed by atoms with Crippen LogP contribution in [0.1, 0.15) is 12.5 Å². The molecule has 0 aliphatic heterocycles. The fourth-order valence-electron chi connectivity index (χ4n) is 1.59. The van der Waals surface area contributed by atoms with E-state index in [1.807, 2.05) is 24.3 Å². The predicted octanol–water partition coefficient (Wildman–Crippen LogP) is 1.82. The number of benzene rings is 1. The number of carbonyl (C=O) groups is 1. The van der Waals surface area contributed by atoms with Crippen molar-refractivity contribution < 1.29 is 14.3 Å². The lowest BCUT2D eigenvalue weighted by Gasteiger charge is -2.24. The summed E-state index contributed by atoms with van der Waals surface area (Å²) in [6, 6.07) is 7.39. The van der Waals surface area contributed by atoms with Crippen molar-refractivity contribution in [1.82, 2.24) is 5.32 Å². The molecule has 0 aromatic heterocycles. The van der Waals surface area contributed by atoms with Gasteiger partial charge in [-0.2, -0.15) is 0 Å². The van der Waals surface area contributed by atoms with Gasteiger partial charge in [-0.1, -0.05) is 28.1 Å². The number of carbonyl (C=O) groups excluding carboxylic acids is 1. The summed E-state index contributed by atoms with van der Waals surface area (Å²) in [6.07, 6.45) is 0. The highest BCUT2D eigenvalue weighted by molar-refractivity contribution is 9.10. The molecule has 7 heteroatoms. The van der Waals surface area contributed by atoms with Crippen LogP contribution in [-0.4, -0.2) is 39.4 Å². The molecule has 0 aliphatic carbocycles. The van der Waals surface area contributed by atoms with E-state index in [2.05, 4.69) is 21.2 Å². The summed E-state index contributed by atoms with van der Waals surface area (Å²) in [5, 5.41) is 2.77. The zero-order valence-electron chi connectivity index (χ0n) is 12.2. The lowest BCUT2D eigenvalue weighted by Crippen LogP contribution is -2.49. The molecule has 1 aromatic rings. The molecule has 0 aliphatic rings. The van der Waals surface area contributed by atoms with Gasteiger partial charge in [0.15, 0.2) is 0 Å². The van der Waals surface area contributed by atoms with Gasteiger partial charge in [-0.05, 0) is 24.6 Å². The van der Waals surface area contributed by atoms with E-state index >= 15 is 0 Å². The van der Waals surface area contributed by atoms with Crippen molar-refractivity contribution in [2.75, 3.05) is 33.5 Å². The third kappa shape index (κ3) is 6.76. The average molecular weight is 382 g/mol. The van der Waals surface area contributed by atoms with E-state index in [0.717, 1.165) is 10.0 Å². The van der Waals surface area contributed by atoms with Crippen LogP contribution in [0, 0.1) is 0 Å². The molecule has 1 rings (SSSR count). The van der Waals surface area contributed by atoms with Gasteiger partial charge in [-0.3, -0.25) is 4.79 Å². The topological polar surface area (TPSA) is 73.6 Å². The molecule has 1 aromatic carbocycles. The Bertz CT molecular complexity index is 427. The van der Waals surface area contributed by atoms with Gasteiger partial charge in [0, 0.05) is 18.1 Å². The van der Waals surface area contributed by atoms with Crippen LogP contribution in [0.2, 0.25) is 0 Å². The van der Waals surface area contributed by atoms with Gasteiger partial charge in [0.1, 0.15) is 5.54 Å². The normalized spacial score (nSPS) is 13.1. The molecule has 0 saturated heterocycles. The molecule has 0 spiro atoms. The summed E-state index contributed by atoms with van der Waals surface area (Å²) in [5.74, 6) is -0.227. The second-order valence-electron chi connectivity index (χ2n) is 4.57. The van der Waals surface area contributed by atoms with E-state index in [1.165, 1.54) is 0 Å². The molecule has 0 fully saturated rings. The molecule has 0 saturated carbocycles. The quantitative estimate of drug-likeness (QED) is 0.674. The van der Waals surface area contributed by atoms with Crippen molar-refractivity contribution in [3.63, 3.8) is 0 Å². The minimum Gasteiger partial charge on any atom is -0.382 e. The first-order valence-electron chi connectivity index (χ1n) is 6.38. The van der Waals surface area contributed by atoms with Crippen molar-refractivity contribution in [2.45, 2.75) is 12.5 Å². The van der Waals surface area contributed by atoms with Gasteiger partial charge in [0.25, 0.3) is 0 Å². The van der Waals surface area contributed by atoms with E-state index < -0.39 is 5.54 Å². The van der Waals surface area contributed by atoms with E-state index in [0.29, 0.717) is 26.4 Å². The minimum absolute atomic E-state index is 0. The van der Waals surface area contributed by atoms with Crippen LogP contribution in [-0.2, 0) is 19.8 Å². The molecule has 0 bridgehead atoms. The highest BCUT2D eigenvalue weighted by Crippen LogP contribution is 2.20. The Balaban J connectivity index is 0.00000400. The summed E-state index contributed by atoms with van der Waals surface area (Å²) in [6.45, 7) is 3.61. The molecule has 21 heavy (non-hydrogen) atoms. The first-order chi connectivity index (χ1) is 9.48. The summed E-state index contributed by atoms with van der Waals surface area (Å²) in [5.41, 5.74) is 5.81. The Morgan fingerprint density at radius 1 is 1.29 bits per heavy atom. The Morgan fingerprint density at radius 3 is 2.48 bits per heavy atom. The zero-order chi connectivity index (χ0) is 15.0.